The zero-order chi connectivity index (χ0) is 14.8. The van der Waals surface area contributed by atoms with Gasteiger partial charge in [0.1, 0.15) is 0 Å². The van der Waals surface area contributed by atoms with E-state index in [4.69, 9.17) is 4.52 Å². The minimum absolute atomic E-state index is 0.654. The highest BCUT2D eigenvalue weighted by atomic mass is 16.5. The van der Waals surface area contributed by atoms with E-state index in [2.05, 4.69) is 33.8 Å². The Bertz CT molecular complexity index is 455. The molecule has 5 nitrogen and oxygen atoms in total. The molecule has 1 aromatic heterocycles. The molecule has 2 heterocycles. The quantitative estimate of drug-likeness (QED) is 0.833. The van der Waals surface area contributed by atoms with Gasteiger partial charge < -0.3 is 4.52 Å². The first kappa shape index (κ1) is 15.0. The Hall–Kier alpha value is -0.940. The first-order valence-corrected chi connectivity index (χ1v) is 8.37. The lowest BCUT2D eigenvalue weighted by Gasteiger charge is -2.34. The molecule has 0 spiro atoms. The van der Waals surface area contributed by atoms with Gasteiger partial charge in [0.15, 0.2) is 5.82 Å². The number of aryl methyl sites for hydroxylation is 1. The average molecular weight is 292 g/mol. The van der Waals surface area contributed by atoms with Crippen molar-refractivity contribution in [3.05, 3.63) is 11.7 Å². The molecule has 0 amide bonds. The van der Waals surface area contributed by atoms with Crippen LogP contribution in [0.2, 0.25) is 0 Å². The summed E-state index contributed by atoms with van der Waals surface area (Å²) in [5, 5.41) is 4.05. The summed E-state index contributed by atoms with van der Waals surface area (Å²) in [5.74, 6) is 3.15. The molecule has 118 valence electrons. The van der Waals surface area contributed by atoms with Gasteiger partial charge >= 0.3 is 0 Å². The number of hydrogen-bond donors (Lipinski definition) is 0. The normalized spacial score (nSPS) is 25.4. The van der Waals surface area contributed by atoms with Crippen molar-refractivity contribution >= 4 is 0 Å². The molecule has 0 N–H and O–H groups in total. The standard InChI is InChI=1S/C16H28N4O/c1-12(2)15-10-19(11-16-17-13(3)21-18-16)7-4-8-20(15)9-14-5-6-14/h12,14-15H,4-11H2,1-3H3/t15-/m0/s1. The number of hydrogen-bond acceptors (Lipinski definition) is 5. The van der Waals surface area contributed by atoms with Crippen molar-refractivity contribution in [2.24, 2.45) is 11.8 Å². The van der Waals surface area contributed by atoms with E-state index in [0.29, 0.717) is 17.9 Å². The second kappa shape index (κ2) is 6.44. The minimum atomic E-state index is 0.654. The van der Waals surface area contributed by atoms with E-state index in [1.807, 2.05) is 6.92 Å². The highest BCUT2D eigenvalue weighted by Crippen LogP contribution is 2.31. The molecule has 1 saturated carbocycles. The first-order chi connectivity index (χ1) is 10.1. The van der Waals surface area contributed by atoms with Crippen LogP contribution in [0.5, 0.6) is 0 Å². The average Bonchev–Trinajstić information content (AvgIpc) is 3.18. The summed E-state index contributed by atoms with van der Waals surface area (Å²) in [7, 11) is 0. The Morgan fingerprint density at radius 3 is 2.71 bits per heavy atom. The topological polar surface area (TPSA) is 45.4 Å². The van der Waals surface area contributed by atoms with Gasteiger partial charge in [-0.05, 0) is 44.2 Å². The molecule has 3 rings (SSSR count). The third kappa shape index (κ3) is 4.04. The van der Waals surface area contributed by atoms with Crippen LogP contribution in [0.1, 0.15) is 44.8 Å². The maximum Gasteiger partial charge on any atom is 0.223 e. The van der Waals surface area contributed by atoms with Crippen molar-refractivity contribution in [1.29, 1.82) is 0 Å². The van der Waals surface area contributed by atoms with Gasteiger partial charge in [-0.25, -0.2) is 0 Å². The van der Waals surface area contributed by atoms with Crippen molar-refractivity contribution < 1.29 is 4.52 Å². The zero-order valence-electron chi connectivity index (χ0n) is 13.6. The van der Waals surface area contributed by atoms with Crippen LogP contribution in [0.4, 0.5) is 0 Å². The van der Waals surface area contributed by atoms with E-state index in [9.17, 15) is 0 Å². The van der Waals surface area contributed by atoms with Crippen LogP contribution in [0.3, 0.4) is 0 Å². The summed E-state index contributed by atoms with van der Waals surface area (Å²) < 4.78 is 5.10. The molecule has 1 aliphatic heterocycles. The van der Waals surface area contributed by atoms with E-state index < -0.39 is 0 Å². The fourth-order valence-electron chi connectivity index (χ4n) is 3.37. The maximum atomic E-state index is 5.10. The lowest BCUT2D eigenvalue weighted by Crippen LogP contribution is -2.45. The van der Waals surface area contributed by atoms with Crippen LogP contribution in [-0.4, -0.2) is 52.2 Å². The molecule has 0 unspecified atom stereocenters. The third-order valence-electron chi connectivity index (χ3n) is 4.73. The Morgan fingerprint density at radius 2 is 2.10 bits per heavy atom. The fraction of sp³-hybridized carbons (Fsp3) is 0.875. The highest BCUT2D eigenvalue weighted by molar-refractivity contribution is 4.89. The van der Waals surface area contributed by atoms with Crippen LogP contribution >= 0.6 is 0 Å². The van der Waals surface area contributed by atoms with Crippen molar-refractivity contribution in [2.75, 3.05) is 26.2 Å². The van der Waals surface area contributed by atoms with Crippen molar-refractivity contribution in [2.45, 2.75) is 52.6 Å². The van der Waals surface area contributed by atoms with E-state index in [-0.39, 0.29) is 0 Å². The third-order valence-corrected chi connectivity index (χ3v) is 4.73. The SMILES string of the molecule is Cc1nc(CN2CCCN(CC3CC3)[C@H](C(C)C)C2)no1. The molecular weight excluding hydrogens is 264 g/mol. The Kier molecular flexibility index (Phi) is 4.60. The summed E-state index contributed by atoms with van der Waals surface area (Å²) in [6.45, 7) is 12.2. The number of nitrogens with zero attached hydrogens (tertiary/aromatic N) is 4. The van der Waals surface area contributed by atoms with E-state index >= 15 is 0 Å². The van der Waals surface area contributed by atoms with Crippen LogP contribution in [-0.2, 0) is 6.54 Å². The minimum Gasteiger partial charge on any atom is -0.340 e. The fourth-order valence-corrected chi connectivity index (χ4v) is 3.37. The predicted molar refractivity (Wildman–Crippen MR) is 81.9 cm³/mol. The summed E-state index contributed by atoms with van der Waals surface area (Å²) in [6.07, 6.45) is 4.12. The van der Waals surface area contributed by atoms with Crippen molar-refractivity contribution in [1.82, 2.24) is 19.9 Å². The summed E-state index contributed by atoms with van der Waals surface area (Å²) in [5.41, 5.74) is 0. The van der Waals surface area contributed by atoms with E-state index in [0.717, 1.165) is 31.4 Å². The lowest BCUT2D eigenvalue weighted by atomic mass is 10.0. The largest absolute Gasteiger partial charge is 0.340 e. The molecule has 0 aromatic carbocycles. The summed E-state index contributed by atoms with van der Waals surface area (Å²) >= 11 is 0. The molecule has 5 heteroatoms. The highest BCUT2D eigenvalue weighted by Gasteiger charge is 2.32. The molecule has 0 bridgehead atoms. The lowest BCUT2D eigenvalue weighted by molar-refractivity contribution is 0.130. The molecule has 1 saturated heterocycles. The molecule has 2 aliphatic rings. The van der Waals surface area contributed by atoms with Gasteiger partial charge in [0.05, 0.1) is 6.54 Å². The molecule has 2 fully saturated rings. The number of aromatic nitrogens is 2. The second-order valence-electron chi connectivity index (χ2n) is 7.07. The van der Waals surface area contributed by atoms with Crippen LogP contribution in [0, 0.1) is 18.8 Å². The number of rotatable bonds is 5. The monoisotopic (exact) mass is 292 g/mol. The Balaban J connectivity index is 1.63. The second-order valence-corrected chi connectivity index (χ2v) is 7.07. The van der Waals surface area contributed by atoms with Gasteiger partial charge in [0, 0.05) is 26.1 Å². The van der Waals surface area contributed by atoms with Crippen molar-refractivity contribution in [3.8, 4) is 0 Å². The van der Waals surface area contributed by atoms with Gasteiger partial charge in [0.2, 0.25) is 5.89 Å². The molecule has 1 aliphatic carbocycles. The van der Waals surface area contributed by atoms with Gasteiger partial charge in [-0.15, -0.1) is 0 Å². The summed E-state index contributed by atoms with van der Waals surface area (Å²) in [4.78, 5) is 9.59. The smallest absolute Gasteiger partial charge is 0.223 e. The van der Waals surface area contributed by atoms with Gasteiger partial charge in [0.25, 0.3) is 0 Å². The van der Waals surface area contributed by atoms with Crippen LogP contribution < -0.4 is 0 Å². The first-order valence-electron chi connectivity index (χ1n) is 8.37. The van der Waals surface area contributed by atoms with Gasteiger partial charge in [-0.2, -0.15) is 4.98 Å². The van der Waals surface area contributed by atoms with Gasteiger partial charge in [-0.1, -0.05) is 19.0 Å². The Labute approximate surface area is 127 Å². The zero-order valence-corrected chi connectivity index (χ0v) is 13.6. The summed E-state index contributed by atoms with van der Waals surface area (Å²) in [6, 6.07) is 0.654. The Morgan fingerprint density at radius 1 is 1.29 bits per heavy atom. The molecular formula is C16H28N4O. The molecule has 0 radical (unpaired) electrons. The maximum absolute atomic E-state index is 5.10. The molecule has 1 atom stereocenters. The van der Waals surface area contributed by atoms with Gasteiger partial charge in [-0.3, -0.25) is 9.80 Å². The van der Waals surface area contributed by atoms with E-state index in [1.165, 1.54) is 32.4 Å². The van der Waals surface area contributed by atoms with Crippen LogP contribution in [0.25, 0.3) is 0 Å². The van der Waals surface area contributed by atoms with Crippen molar-refractivity contribution in [3.63, 3.8) is 0 Å². The molecule has 21 heavy (non-hydrogen) atoms. The predicted octanol–water partition coefficient (Wildman–Crippen LogP) is 2.32. The van der Waals surface area contributed by atoms with Crippen LogP contribution in [0.15, 0.2) is 4.52 Å². The van der Waals surface area contributed by atoms with E-state index in [1.54, 1.807) is 0 Å². The molecule has 1 aromatic rings.